The summed E-state index contributed by atoms with van der Waals surface area (Å²) < 4.78 is 19.7. The summed E-state index contributed by atoms with van der Waals surface area (Å²) >= 11 is 12.9. The van der Waals surface area contributed by atoms with Gasteiger partial charge in [-0.05, 0) is 56.0 Å². The molecule has 2 aromatic carbocycles. The summed E-state index contributed by atoms with van der Waals surface area (Å²) in [5.41, 5.74) is 0.711. The number of halogens is 3. The Balaban J connectivity index is 1.21. The molecule has 1 heterocycles. The summed E-state index contributed by atoms with van der Waals surface area (Å²) in [6, 6.07) is 9.43. The maximum absolute atomic E-state index is 13.4. The van der Waals surface area contributed by atoms with Crippen molar-refractivity contribution in [3.8, 4) is 5.75 Å². The van der Waals surface area contributed by atoms with E-state index in [1.54, 1.807) is 12.1 Å². The first-order valence-corrected chi connectivity index (χ1v) is 11.7. The van der Waals surface area contributed by atoms with Gasteiger partial charge < -0.3 is 15.4 Å². The van der Waals surface area contributed by atoms with Crippen molar-refractivity contribution in [1.29, 1.82) is 0 Å². The monoisotopic (exact) mass is 495 g/mol. The molecule has 0 atom stereocenters. The zero-order valence-electron chi connectivity index (χ0n) is 16.9. The van der Waals surface area contributed by atoms with E-state index in [1.807, 2.05) is 6.07 Å². The van der Waals surface area contributed by atoms with Crippen molar-refractivity contribution < 1.29 is 18.7 Å². The number of rotatable bonds is 6. The molecule has 6 nitrogen and oxygen atoms in total. The fourth-order valence-corrected chi connectivity index (χ4v) is 4.74. The van der Waals surface area contributed by atoms with Gasteiger partial charge in [0.25, 0.3) is 11.8 Å². The number of nitrogens with zero attached hydrogens (tertiary/aromatic N) is 1. The molecule has 2 N–H and O–H groups in total. The minimum atomic E-state index is -0.598. The minimum absolute atomic E-state index is 0.00168. The van der Waals surface area contributed by atoms with E-state index in [4.69, 9.17) is 27.9 Å². The van der Waals surface area contributed by atoms with Crippen LogP contribution in [0.3, 0.4) is 0 Å². The minimum Gasteiger partial charge on any atom is -0.484 e. The fraction of sp³-hybridized carbons (Fsp3) is 0.318. The normalized spacial score (nSPS) is 18.3. The van der Waals surface area contributed by atoms with E-state index >= 15 is 0 Å². The van der Waals surface area contributed by atoms with Crippen LogP contribution >= 0.6 is 34.5 Å². The lowest BCUT2D eigenvalue weighted by Crippen LogP contribution is -2.44. The van der Waals surface area contributed by atoms with Crippen LogP contribution in [-0.4, -0.2) is 35.5 Å². The highest BCUT2D eigenvalue weighted by Crippen LogP contribution is 2.26. The molecule has 1 aliphatic carbocycles. The lowest BCUT2D eigenvalue weighted by atomic mass is 9.91. The molecule has 1 fully saturated rings. The van der Waals surface area contributed by atoms with E-state index in [1.165, 1.54) is 23.5 Å². The molecule has 32 heavy (non-hydrogen) atoms. The highest BCUT2D eigenvalue weighted by Gasteiger charge is 2.25. The predicted octanol–water partition coefficient (Wildman–Crippen LogP) is 4.98. The molecule has 0 aliphatic heterocycles. The predicted molar refractivity (Wildman–Crippen MR) is 123 cm³/mol. The number of carbonyl (C=O) groups is 2. The number of hydrogen-bond acceptors (Lipinski definition) is 5. The van der Waals surface area contributed by atoms with Gasteiger partial charge in [0.05, 0.1) is 15.2 Å². The van der Waals surface area contributed by atoms with Gasteiger partial charge >= 0.3 is 0 Å². The molecule has 0 spiro atoms. The molecular formula is C22H20Cl2FN3O3S. The second kappa shape index (κ2) is 10.0. The quantitative estimate of drug-likeness (QED) is 0.505. The van der Waals surface area contributed by atoms with Crippen LogP contribution in [0.5, 0.6) is 5.75 Å². The van der Waals surface area contributed by atoms with E-state index in [9.17, 15) is 14.0 Å². The number of hydrogen-bond donors (Lipinski definition) is 2. The van der Waals surface area contributed by atoms with Crippen LogP contribution in [0.15, 0.2) is 36.4 Å². The Kier molecular flexibility index (Phi) is 7.13. The van der Waals surface area contributed by atoms with Gasteiger partial charge in [-0.15, -0.1) is 11.3 Å². The van der Waals surface area contributed by atoms with Crippen LogP contribution in [0.1, 0.15) is 35.5 Å². The number of nitrogens with one attached hydrogen (secondary N) is 2. The van der Waals surface area contributed by atoms with Crippen molar-refractivity contribution >= 4 is 56.6 Å². The maximum Gasteiger partial charge on any atom is 0.280 e. The lowest BCUT2D eigenvalue weighted by Gasteiger charge is -2.29. The van der Waals surface area contributed by atoms with E-state index in [0.29, 0.717) is 15.5 Å². The molecule has 0 bridgehead atoms. The second-order valence-electron chi connectivity index (χ2n) is 7.59. The summed E-state index contributed by atoms with van der Waals surface area (Å²) in [6.07, 6.45) is 2.97. The second-order valence-corrected chi connectivity index (χ2v) is 9.46. The third-order valence-electron chi connectivity index (χ3n) is 5.23. The van der Waals surface area contributed by atoms with Gasteiger partial charge in [-0.25, -0.2) is 9.37 Å². The Morgan fingerprint density at radius 2 is 1.78 bits per heavy atom. The van der Waals surface area contributed by atoms with Crippen LogP contribution in [0, 0.1) is 5.82 Å². The molecule has 1 aliphatic rings. The number of carbonyl (C=O) groups excluding carboxylic acids is 2. The first-order valence-electron chi connectivity index (χ1n) is 10.1. The molecule has 4 rings (SSSR count). The summed E-state index contributed by atoms with van der Waals surface area (Å²) in [5, 5.41) is 6.95. The summed E-state index contributed by atoms with van der Waals surface area (Å²) in [6.45, 7) is -0.209. The van der Waals surface area contributed by atoms with Gasteiger partial charge in [-0.3, -0.25) is 9.59 Å². The molecule has 0 radical (unpaired) electrons. The van der Waals surface area contributed by atoms with Gasteiger partial charge in [0.2, 0.25) is 0 Å². The van der Waals surface area contributed by atoms with E-state index in [2.05, 4.69) is 15.6 Å². The topological polar surface area (TPSA) is 80.3 Å². The zero-order chi connectivity index (χ0) is 22.7. The summed E-state index contributed by atoms with van der Waals surface area (Å²) in [5.74, 6) is -0.829. The molecule has 0 unspecified atom stereocenters. The van der Waals surface area contributed by atoms with Crippen molar-refractivity contribution in [3.63, 3.8) is 0 Å². The molecular weight excluding hydrogens is 476 g/mol. The highest BCUT2D eigenvalue weighted by molar-refractivity contribution is 7.20. The molecule has 168 valence electrons. The van der Waals surface area contributed by atoms with Crippen LogP contribution in [-0.2, 0) is 4.79 Å². The Hall–Kier alpha value is -2.42. The number of ether oxygens (including phenoxy) is 1. The number of thiazole rings is 1. The van der Waals surface area contributed by atoms with Crippen LogP contribution in [0.4, 0.5) is 4.39 Å². The Morgan fingerprint density at radius 1 is 1.06 bits per heavy atom. The largest absolute Gasteiger partial charge is 0.484 e. The van der Waals surface area contributed by atoms with E-state index in [-0.39, 0.29) is 41.3 Å². The molecule has 1 aromatic heterocycles. The molecule has 1 saturated carbocycles. The Bertz CT molecular complexity index is 1150. The van der Waals surface area contributed by atoms with Crippen molar-refractivity contribution in [3.05, 3.63) is 57.3 Å². The third-order valence-corrected chi connectivity index (χ3v) is 6.81. The van der Waals surface area contributed by atoms with Crippen LogP contribution in [0.2, 0.25) is 10.0 Å². The Morgan fingerprint density at radius 3 is 2.50 bits per heavy atom. The average molecular weight is 496 g/mol. The summed E-state index contributed by atoms with van der Waals surface area (Å²) in [4.78, 5) is 29.1. The van der Waals surface area contributed by atoms with Crippen molar-refractivity contribution in [2.24, 2.45) is 0 Å². The standard InChI is InChI=1S/C22H20Cl2FN3O3S/c23-12-1-8-19-18(9-12)28-22(32-19)21(30)27-14-4-2-13(3-5-14)26-20(29)11-31-15-6-7-16(24)17(25)10-15/h1,6-10,13-14H,2-5,11H2,(H,26,29)(H,27,30)/t13-,14-. The average Bonchev–Trinajstić information content (AvgIpc) is 3.19. The van der Waals surface area contributed by atoms with Crippen LogP contribution in [0.25, 0.3) is 10.2 Å². The van der Waals surface area contributed by atoms with E-state index < -0.39 is 5.82 Å². The molecule has 2 amide bonds. The molecule has 0 saturated heterocycles. The molecule has 3 aromatic rings. The zero-order valence-corrected chi connectivity index (χ0v) is 19.2. The third kappa shape index (κ3) is 5.68. The smallest absolute Gasteiger partial charge is 0.280 e. The number of aromatic nitrogens is 1. The van der Waals surface area contributed by atoms with Crippen molar-refractivity contribution in [2.45, 2.75) is 37.8 Å². The van der Waals surface area contributed by atoms with Gasteiger partial charge in [0.1, 0.15) is 11.6 Å². The van der Waals surface area contributed by atoms with Crippen molar-refractivity contribution in [2.75, 3.05) is 6.61 Å². The van der Waals surface area contributed by atoms with E-state index in [0.717, 1.165) is 36.4 Å². The highest BCUT2D eigenvalue weighted by atomic mass is 35.5. The van der Waals surface area contributed by atoms with Gasteiger partial charge in [-0.1, -0.05) is 23.2 Å². The lowest BCUT2D eigenvalue weighted by molar-refractivity contribution is -0.124. The molecule has 10 heteroatoms. The van der Waals surface area contributed by atoms with Gasteiger partial charge in [-0.2, -0.15) is 0 Å². The number of benzene rings is 2. The SMILES string of the molecule is O=C(COc1ccc(Cl)c(F)c1)N[C@H]1CC[C@H](NC(=O)c2nc3cc(Cl)ccc3s2)CC1. The van der Waals surface area contributed by atoms with Crippen LogP contribution < -0.4 is 15.4 Å². The summed E-state index contributed by atoms with van der Waals surface area (Å²) in [7, 11) is 0. The van der Waals surface area contributed by atoms with Gasteiger partial charge in [0.15, 0.2) is 11.6 Å². The first kappa shape index (κ1) is 22.8. The van der Waals surface area contributed by atoms with Crippen molar-refractivity contribution in [1.82, 2.24) is 15.6 Å². The Labute approximate surface area is 198 Å². The first-order chi connectivity index (χ1) is 15.4. The maximum atomic E-state index is 13.4. The van der Waals surface area contributed by atoms with Gasteiger partial charge in [0, 0.05) is 23.2 Å². The number of amides is 2. The fourth-order valence-electron chi connectivity index (χ4n) is 3.61. The number of fused-ring (bicyclic) bond motifs is 1.